The molecule has 0 fully saturated rings. The summed E-state index contributed by atoms with van der Waals surface area (Å²) in [6.45, 7) is -0.148. The Hall–Kier alpha value is -1.86. The largest absolute Gasteiger partial charge is 0.482 e. The number of benzene rings is 1. The van der Waals surface area contributed by atoms with Crippen LogP contribution >= 0.6 is 27.3 Å². The number of nitrogens with one attached hydrogen (secondary N) is 1. The predicted octanol–water partition coefficient (Wildman–Crippen LogP) is 3.31. The highest BCUT2D eigenvalue weighted by molar-refractivity contribution is 9.11. The number of thiophene rings is 1. The normalized spacial score (nSPS) is 10.0. The molecular formula is C14H12BrNO4S. The lowest BCUT2D eigenvalue weighted by Crippen LogP contribution is -2.13. The zero-order valence-corrected chi connectivity index (χ0v) is 13.5. The molecule has 1 heterocycles. The fourth-order valence-electron chi connectivity index (χ4n) is 1.47. The number of halogens is 1. The maximum atomic E-state index is 11.9. The first-order valence-corrected chi connectivity index (χ1v) is 7.61. The second-order valence-corrected chi connectivity index (χ2v) is 6.27. The van der Waals surface area contributed by atoms with Gasteiger partial charge in [0.2, 0.25) is 0 Å². The van der Waals surface area contributed by atoms with E-state index in [1.807, 2.05) is 0 Å². The van der Waals surface area contributed by atoms with Gasteiger partial charge in [-0.05, 0) is 46.3 Å². The van der Waals surface area contributed by atoms with Crippen LogP contribution in [0.4, 0.5) is 5.69 Å². The smallest absolute Gasteiger partial charge is 0.343 e. The van der Waals surface area contributed by atoms with Gasteiger partial charge in [0, 0.05) is 11.1 Å². The fraction of sp³-hybridized carbons (Fsp3) is 0.143. The molecular weight excluding hydrogens is 358 g/mol. The number of methoxy groups -OCH3 is 1. The van der Waals surface area contributed by atoms with Crippen LogP contribution < -0.4 is 10.1 Å². The molecule has 0 unspecified atom stereocenters. The molecule has 0 atom stereocenters. The maximum absolute atomic E-state index is 11.9. The molecule has 7 heteroatoms. The van der Waals surface area contributed by atoms with Crippen LogP contribution in [0.5, 0.6) is 5.75 Å². The number of anilines is 1. The first kappa shape index (κ1) is 15.5. The molecule has 2 aromatic rings. The van der Waals surface area contributed by atoms with Gasteiger partial charge in [0.1, 0.15) is 5.75 Å². The van der Waals surface area contributed by atoms with Gasteiger partial charge in [-0.2, -0.15) is 0 Å². The number of ether oxygens (including phenoxy) is 2. The lowest BCUT2D eigenvalue weighted by molar-refractivity contribution is -0.142. The summed E-state index contributed by atoms with van der Waals surface area (Å²) >= 11 is 4.76. The van der Waals surface area contributed by atoms with E-state index in [0.717, 1.165) is 3.79 Å². The van der Waals surface area contributed by atoms with Crippen LogP contribution in [0, 0.1) is 0 Å². The Morgan fingerprint density at radius 2 is 2.00 bits per heavy atom. The monoisotopic (exact) mass is 369 g/mol. The highest BCUT2D eigenvalue weighted by atomic mass is 79.9. The molecule has 21 heavy (non-hydrogen) atoms. The van der Waals surface area contributed by atoms with Crippen molar-refractivity contribution in [2.24, 2.45) is 0 Å². The van der Waals surface area contributed by atoms with Crippen molar-refractivity contribution in [3.8, 4) is 5.75 Å². The van der Waals surface area contributed by atoms with Crippen LogP contribution in [0.1, 0.15) is 10.4 Å². The quantitative estimate of drug-likeness (QED) is 0.821. The summed E-state index contributed by atoms with van der Waals surface area (Å²) in [5.41, 5.74) is 1.24. The van der Waals surface area contributed by atoms with Gasteiger partial charge in [-0.15, -0.1) is 11.3 Å². The van der Waals surface area contributed by atoms with Crippen LogP contribution in [-0.4, -0.2) is 25.6 Å². The summed E-state index contributed by atoms with van der Waals surface area (Å²) in [5.74, 6) is -0.104. The van der Waals surface area contributed by atoms with E-state index in [0.29, 0.717) is 17.0 Å². The van der Waals surface area contributed by atoms with E-state index in [4.69, 9.17) is 4.74 Å². The summed E-state index contributed by atoms with van der Waals surface area (Å²) in [7, 11) is 1.30. The van der Waals surface area contributed by atoms with Gasteiger partial charge in [0.15, 0.2) is 6.61 Å². The molecule has 0 radical (unpaired) electrons. The van der Waals surface area contributed by atoms with Crippen molar-refractivity contribution in [2.45, 2.75) is 0 Å². The van der Waals surface area contributed by atoms with Crippen molar-refractivity contribution in [2.75, 3.05) is 19.0 Å². The van der Waals surface area contributed by atoms with E-state index in [1.54, 1.807) is 35.7 Å². The minimum Gasteiger partial charge on any atom is -0.482 e. The van der Waals surface area contributed by atoms with Crippen LogP contribution in [-0.2, 0) is 9.53 Å². The number of carbonyl (C=O) groups excluding carboxylic acids is 2. The zero-order valence-electron chi connectivity index (χ0n) is 11.1. The minimum atomic E-state index is -0.449. The minimum absolute atomic E-state index is 0.148. The van der Waals surface area contributed by atoms with E-state index < -0.39 is 5.97 Å². The molecule has 1 aromatic heterocycles. The Morgan fingerprint density at radius 3 is 2.57 bits per heavy atom. The second-order valence-electron chi connectivity index (χ2n) is 3.98. The van der Waals surface area contributed by atoms with Gasteiger partial charge in [0.05, 0.1) is 16.5 Å². The number of rotatable bonds is 5. The van der Waals surface area contributed by atoms with Gasteiger partial charge in [-0.25, -0.2) is 4.79 Å². The molecule has 0 aliphatic heterocycles. The average Bonchev–Trinajstić information content (AvgIpc) is 2.93. The van der Waals surface area contributed by atoms with E-state index in [1.165, 1.54) is 18.4 Å². The number of hydrogen-bond acceptors (Lipinski definition) is 5. The molecule has 1 amide bonds. The summed E-state index contributed by atoms with van der Waals surface area (Å²) < 4.78 is 10.6. The highest BCUT2D eigenvalue weighted by Gasteiger charge is 2.08. The van der Waals surface area contributed by atoms with E-state index in [2.05, 4.69) is 26.0 Å². The zero-order chi connectivity index (χ0) is 15.2. The summed E-state index contributed by atoms with van der Waals surface area (Å²) in [6.07, 6.45) is 0. The lowest BCUT2D eigenvalue weighted by atomic mass is 10.2. The second kappa shape index (κ2) is 7.24. The van der Waals surface area contributed by atoms with Crippen molar-refractivity contribution in [1.29, 1.82) is 0 Å². The number of hydrogen-bond donors (Lipinski definition) is 1. The third-order valence-electron chi connectivity index (χ3n) is 2.53. The van der Waals surface area contributed by atoms with Gasteiger partial charge in [0.25, 0.3) is 5.91 Å². The van der Waals surface area contributed by atoms with E-state index >= 15 is 0 Å². The molecule has 1 N–H and O–H groups in total. The van der Waals surface area contributed by atoms with Crippen molar-refractivity contribution >= 4 is 44.8 Å². The number of carbonyl (C=O) groups is 2. The predicted molar refractivity (Wildman–Crippen MR) is 83.9 cm³/mol. The molecule has 110 valence electrons. The fourth-order valence-corrected chi connectivity index (χ4v) is 2.60. The lowest BCUT2D eigenvalue weighted by Gasteiger charge is -2.07. The standard InChI is InChI=1S/C14H12BrNO4S/c1-19-13(17)7-20-11-4-2-10(3-5-11)16-14(18)9-6-12(15)21-8-9/h2-6,8H,7H2,1H3,(H,16,18). The average molecular weight is 370 g/mol. The summed E-state index contributed by atoms with van der Waals surface area (Å²) in [4.78, 5) is 22.9. The topological polar surface area (TPSA) is 64.6 Å². The molecule has 2 rings (SSSR count). The molecule has 5 nitrogen and oxygen atoms in total. The van der Waals surface area contributed by atoms with Crippen LogP contribution in [0.25, 0.3) is 0 Å². The van der Waals surface area contributed by atoms with Gasteiger partial charge < -0.3 is 14.8 Å². The molecule has 0 bridgehead atoms. The van der Waals surface area contributed by atoms with Crippen LogP contribution in [0.2, 0.25) is 0 Å². The molecule has 0 saturated heterocycles. The van der Waals surface area contributed by atoms with E-state index in [9.17, 15) is 9.59 Å². The third-order valence-corrected chi connectivity index (χ3v) is 4.03. The Bertz CT molecular complexity index is 639. The molecule has 1 aromatic carbocycles. The molecule has 0 saturated carbocycles. The SMILES string of the molecule is COC(=O)COc1ccc(NC(=O)c2csc(Br)c2)cc1. The van der Waals surface area contributed by atoms with Crippen molar-refractivity contribution in [3.05, 3.63) is 45.1 Å². The van der Waals surface area contributed by atoms with Gasteiger partial charge >= 0.3 is 5.97 Å². The Morgan fingerprint density at radius 1 is 1.29 bits per heavy atom. The van der Waals surface area contributed by atoms with Crippen molar-refractivity contribution in [3.63, 3.8) is 0 Å². The molecule has 0 aliphatic carbocycles. The number of amides is 1. The molecule has 0 aliphatic rings. The van der Waals surface area contributed by atoms with Crippen molar-refractivity contribution < 1.29 is 19.1 Å². The van der Waals surface area contributed by atoms with Crippen LogP contribution in [0.3, 0.4) is 0 Å². The Balaban J connectivity index is 1.93. The maximum Gasteiger partial charge on any atom is 0.343 e. The van der Waals surface area contributed by atoms with Crippen molar-refractivity contribution in [1.82, 2.24) is 0 Å². The summed E-state index contributed by atoms with van der Waals surface area (Å²) in [5, 5.41) is 4.55. The van der Waals surface area contributed by atoms with E-state index in [-0.39, 0.29) is 12.5 Å². The highest BCUT2D eigenvalue weighted by Crippen LogP contribution is 2.22. The first-order chi connectivity index (χ1) is 10.1. The van der Waals surface area contributed by atoms with Crippen LogP contribution in [0.15, 0.2) is 39.5 Å². The first-order valence-electron chi connectivity index (χ1n) is 5.93. The Kier molecular flexibility index (Phi) is 5.35. The van der Waals surface area contributed by atoms with Gasteiger partial charge in [-0.1, -0.05) is 0 Å². The third kappa shape index (κ3) is 4.57. The Labute approximate surface area is 134 Å². The van der Waals surface area contributed by atoms with Gasteiger partial charge in [-0.3, -0.25) is 4.79 Å². The number of esters is 1. The molecule has 0 spiro atoms. The summed E-state index contributed by atoms with van der Waals surface area (Å²) in [6, 6.07) is 8.50.